The lowest BCUT2D eigenvalue weighted by Gasteiger charge is -2.17. The molecule has 1 aliphatic rings. The summed E-state index contributed by atoms with van der Waals surface area (Å²) in [6, 6.07) is 0. The van der Waals surface area contributed by atoms with Gasteiger partial charge < -0.3 is 4.74 Å². The molecule has 0 amide bonds. The number of ether oxygens (including phenoxy) is 1. The summed E-state index contributed by atoms with van der Waals surface area (Å²) in [6.45, 7) is 7.16. The van der Waals surface area contributed by atoms with Crippen molar-refractivity contribution in [1.29, 1.82) is 0 Å². The Morgan fingerprint density at radius 1 is 1.62 bits per heavy atom. The summed E-state index contributed by atoms with van der Waals surface area (Å²) >= 11 is 6.00. The molecule has 0 aromatic carbocycles. The van der Waals surface area contributed by atoms with Crippen LogP contribution >= 0.6 is 11.6 Å². The van der Waals surface area contributed by atoms with Crippen molar-refractivity contribution in [3.05, 3.63) is 22.9 Å². The van der Waals surface area contributed by atoms with Gasteiger partial charge in [0.05, 0.1) is 11.6 Å². The molecule has 0 fully saturated rings. The molecule has 74 valence electrons. The third kappa shape index (κ3) is 3.43. The van der Waals surface area contributed by atoms with E-state index in [0.29, 0.717) is 11.8 Å². The van der Waals surface area contributed by atoms with Crippen LogP contribution in [0.4, 0.5) is 0 Å². The Morgan fingerprint density at radius 2 is 2.31 bits per heavy atom. The molecule has 0 saturated heterocycles. The Bertz CT molecular complexity index is 228. The van der Waals surface area contributed by atoms with Gasteiger partial charge in [0.15, 0.2) is 0 Å². The van der Waals surface area contributed by atoms with Gasteiger partial charge in [-0.15, -0.1) is 0 Å². The van der Waals surface area contributed by atoms with Crippen molar-refractivity contribution in [3.63, 3.8) is 0 Å². The highest BCUT2D eigenvalue weighted by Gasteiger charge is 2.12. The third-order valence-corrected chi connectivity index (χ3v) is 2.25. The molecule has 1 aliphatic carbocycles. The number of halogens is 1. The molecule has 0 heterocycles. The molecular formula is C11H17ClO. The second kappa shape index (κ2) is 4.71. The second-order valence-electron chi connectivity index (χ2n) is 4.00. The van der Waals surface area contributed by atoms with Crippen LogP contribution in [-0.2, 0) is 4.74 Å². The SMILES string of the molecule is CC(C)COC1=C[C@H](C)CC=C1Cl. The Morgan fingerprint density at radius 3 is 2.92 bits per heavy atom. The molecule has 0 bridgehead atoms. The van der Waals surface area contributed by atoms with Crippen molar-refractivity contribution in [1.82, 2.24) is 0 Å². The van der Waals surface area contributed by atoms with Gasteiger partial charge in [0.2, 0.25) is 0 Å². The highest BCUT2D eigenvalue weighted by Crippen LogP contribution is 2.26. The van der Waals surface area contributed by atoms with Crippen LogP contribution in [0, 0.1) is 11.8 Å². The molecular weight excluding hydrogens is 184 g/mol. The largest absolute Gasteiger partial charge is 0.492 e. The van der Waals surface area contributed by atoms with Crippen LogP contribution < -0.4 is 0 Å². The fourth-order valence-corrected chi connectivity index (χ4v) is 1.38. The van der Waals surface area contributed by atoms with Crippen LogP contribution in [0.5, 0.6) is 0 Å². The number of hydrogen-bond acceptors (Lipinski definition) is 1. The van der Waals surface area contributed by atoms with Crippen LogP contribution in [-0.4, -0.2) is 6.61 Å². The Kier molecular flexibility index (Phi) is 3.86. The molecule has 0 N–H and O–H groups in total. The van der Waals surface area contributed by atoms with Crippen LogP contribution in [0.1, 0.15) is 27.2 Å². The van der Waals surface area contributed by atoms with Crippen molar-refractivity contribution >= 4 is 11.6 Å². The van der Waals surface area contributed by atoms with Gasteiger partial charge in [0.25, 0.3) is 0 Å². The maximum absolute atomic E-state index is 6.00. The highest BCUT2D eigenvalue weighted by atomic mass is 35.5. The van der Waals surface area contributed by atoms with Crippen molar-refractivity contribution in [2.24, 2.45) is 11.8 Å². The summed E-state index contributed by atoms with van der Waals surface area (Å²) in [5.41, 5.74) is 0. The fraction of sp³-hybridized carbons (Fsp3) is 0.636. The van der Waals surface area contributed by atoms with Gasteiger partial charge in [0, 0.05) is 0 Å². The molecule has 13 heavy (non-hydrogen) atoms. The van der Waals surface area contributed by atoms with E-state index < -0.39 is 0 Å². The van der Waals surface area contributed by atoms with Crippen LogP contribution in [0.2, 0.25) is 0 Å². The van der Waals surface area contributed by atoms with Crippen molar-refractivity contribution in [2.45, 2.75) is 27.2 Å². The van der Waals surface area contributed by atoms with Gasteiger partial charge in [-0.1, -0.05) is 38.4 Å². The first kappa shape index (κ1) is 10.6. The lowest BCUT2D eigenvalue weighted by atomic mass is 10.0. The Labute approximate surface area is 85.4 Å². The average Bonchev–Trinajstić information content (AvgIpc) is 2.06. The van der Waals surface area contributed by atoms with Crippen molar-refractivity contribution < 1.29 is 4.74 Å². The normalized spacial score (nSPS) is 22.7. The monoisotopic (exact) mass is 200 g/mol. The summed E-state index contributed by atoms with van der Waals surface area (Å²) in [7, 11) is 0. The van der Waals surface area contributed by atoms with Crippen molar-refractivity contribution in [3.8, 4) is 0 Å². The maximum Gasteiger partial charge on any atom is 0.133 e. The summed E-state index contributed by atoms with van der Waals surface area (Å²) < 4.78 is 5.59. The third-order valence-electron chi connectivity index (χ3n) is 1.91. The van der Waals surface area contributed by atoms with E-state index in [2.05, 4.69) is 26.8 Å². The van der Waals surface area contributed by atoms with E-state index in [9.17, 15) is 0 Å². The van der Waals surface area contributed by atoms with Crippen LogP contribution in [0.3, 0.4) is 0 Å². The standard InChI is InChI=1S/C11H17ClO/c1-8(2)7-13-11-6-9(3)4-5-10(11)12/h5-6,8-9H,4,7H2,1-3H3/t9-/m1/s1. The van der Waals surface area contributed by atoms with Crippen LogP contribution in [0.15, 0.2) is 22.9 Å². The number of allylic oxidation sites excluding steroid dienone is 3. The van der Waals surface area contributed by atoms with Gasteiger partial charge in [-0.05, 0) is 24.3 Å². The first-order valence-corrected chi connectivity index (χ1v) is 5.18. The predicted octanol–water partition coefficient (Wildman–Crippen LogP) is 3.71. The highest BCUT2D eigenvalue weighted by molar-refractivity contribution is 6.31. The van der Waals surface area contributed by atoms with E-state index in [1.54, 1.807) is 0 Å². The Balaban J connectivity index is 2.51. The van der Waals surface area contributed by atoms with Gasteiger partial charge >= 0.3 is 0 Å². The molecule has 1 atom stereocenters. The summed E-state index contributed by atoms with van der Waals surface area (Å²) in [5.74, 6) is 1.95. The van der Waals surface area contributed by atoms with Crippen LogP contribution in [0.25, 0.3) is 0 Å². The zero-order chi connectivity index (χ0) is 9.84. The quantitative estimate of drug-likeness (QED) is 0.675. The number of hydrogen-bond donors (Lipinski definition) is 0. The molecule has 0 aliphatic heterocycles. The zero-order valence-corrected chi connectivity index (χ0v) is 9.27. The molecule has 0 unspecified atom stereocenters. The molecule has 1 rings (SSSR count). The smallest absolute Gasteiger partial charge is 0.133 e. The van der Waals surface area contributed by atoms with Gasteiger partial charge in [-0.3, -0.25) is 0 Å². The van der Waals surface area contributed by atoms with E-state index >= 15 is 0 Å². The van der Waals surface area contributed by atoms with E-state index in [1.807, 2.05) is 6.08 Å². The first-order valence-electron chi connectivity index (χ1n) is 4.80. The van der Waals surface area contributed by atoms with E-state index in [0.717, 1.165) is 23.8 Å². The van der Waals surface area contributed by atoms with Crippen molar-refractivity contribution in [2.75, 3.05) is 6.61 Å². The molecule has 0 radical (unpaired) electrons. The summed E-state index contributed by atoms with van der Waals surface area (Å²) in [6.07, 6.45) is 5.15. The predicted molar refractivity (Wildman–Crippen MR) is 56.6 cm³/mol. The van der Waals surface area contributed by atoms with E-state index in [-0.39, 0.29) is 0 Å². The molecule has 2 heteroatoms. The van der Waals surface area contributed by atoms with Gasteiger partial charge in [-0.25, -0.2) is 0 Å². The topological polar surface area (TPSA) is 9.23 Å². The molecule has 0 spiro atoms. The summed E-state index contributed by atoms with van der Waals surface area (Å²) in [4.78, 5) is 0. The minimum atomic E-state index is 0.544. The minimum Gasteiger partial charge on any atom is -0.492 e. The van der Waals surface area contributed by atoms with Gasteiger partial charge in [0.1, 0.15) is 5.76 Å². The molecule has 1 nitrogen and oxygen atoms in total. The second-order valence-corrected chi connectivity index (χ2v) is 4.41. The Hall–Kier alpha value is -0.430. The lowest BCUT2D eigenvalue weighted by molar-refractivity contribution is 0.185. The summed E-state index contributed by atoms with van der Waals surface area (Å²) in [5, 5.41) is 0.763. The molecule has 0 aromatic heterocycles. The first-order chi connectivity index (χ1) is 6.09. The fourth-order valence-electron chi connectivity index (χ4n) is 1.17. The van der Waals surface area contributed by atoms with Gasteiger partial charge in [-0.2, -0.15) is 0 Å². The van der Waals surface area contributed by atoms with E-state index in [1.165, 1.54) is 0 Å². The minimum absolute atomic E-state index is 0.544. The zero-order valence-electron chi connectivity index (χ0n) is 8.51. The number of rotatable bonds is 3. The molecule has 0 aromatic rings. The lowest BCUT2D eigenvalue weighted by Crippen LogP contribution is -2.06. The van der Waals surface area contributed by atoms with E-state index in [4.69, 9.17) is 16.3 Å². The molecule has 0 saturated carbocycles. The maximum atomic E-state index is 6.00. The average molecular weight is 201 g/mol.